The van der Waals surface area contributed by atoms with E-state index in [1.54, 1.807) is 29.2 Å². The van der Waals surface area contributed by atoms with Crippen LogP contribution in [0.15, 0.2) is 24.3 Å². The molecule has 9 heteroatoms. The molecule has 0 saturated carbocycles. The fourth-order valence-electron chi connectivity index (χ4n) is 3.41. The van der Waals surface area contributed by atoms with E-state index < -0.39 is 20.3 Å². The van der Waals surface area contributed by atoms with Gasteiger partial charge in [0.05, 0.1) is 23.7 Å². The predicted octanol–water partition coefficient (Wildman–Crippen LogP) is 3.47. The number of carbonyl (C=O) groups is 2. The Bertz CT molecular complexity index is 901. The summed E-state index contributed by atoms with van der Waals surface area (Å²) >= 11 is 0. The van der Waals surface area contributed by atoms with Crippen LogP contribution >= 0.6 is 0 Å². The van der Waals surface area contributed by atoms with Crippen LogP contribution in [0, 0.1) is 16.7 Å². The Morgan fingerprint density at radius 3 is 2.47 bits per heavy atom. The first-order chi connectivity index (χ1) is 13.9. The van der Waals surface area contributed by atoms with Gasteiger partial charge in [0.2, 0.25) is 8.32 Å². The fourth-order valence-corrected chi connectivity index (χ4v) is 4.40. The van der Waals surface area contributed by atoms with Crippen LogP contribution in [0.5, 0.6) is 0 Å². The molecule has 2 N–H and O–H groups in total. The molecule has 2 bridgehead atoms. The summed E-state index contributed by atoms with van der Waals surface area (Å²) in [5.74, 6) is -0.419. The molecule has 0 radical (unpaired) electrons. The molecular formula is C21H29N5O3Si. The summed E-state index contributed by atoms with van der Waals surface area (Å²) in [6.45, 7) is 11.1. The quantitative estimate of drug-likeness (QED) is 0.435. The molecule has 2 fully saturated rings. The summed E-state index contributed by atoms with van der Waals surface area (Å²) in [5.41, 5.74) is 0.826. The third-order valence-corrected chi connectivity index (χ3v) is 10.6. The number of benzene rings is 1. The van der Waals surface area contributed by atoms with Crippen LogP contribution in [-0.2, 0) is 4.53 Å². The number of nitrogens with zero attached hydrogens (tertiary/aromatic N) is 3. The zero-order chi connectivity index (χ0) is 22.3. The molecular weight excluding hydrogens is 398 g/mol. The molecule has 0 unspecified atom stereocenters. The molecule has 0 spiro atoms. The van der Waals surface area contributed by atoms with Crippen molar-refractivity contribution in [2.75, 3.05) is 6.54 Å². The first kappa shape index (κ1) is 22.0. The number of nitrogens with one attached hydrogen (secondary N) is 2. The topological polar surface area (TPSA) is 110 Å². The number of carbonyl (C=O) groups excluding carboxylic acids is 2. The van der Waals surface area contributed by atoms with E-state index in [0.717, 1.165) is 6.42 Å². The number of fused-ring (bicyclic) bond motifs is 2. The minimum absolute atomic E-state index is 0.00494. The lowest BCUT2D eigenvalue weighted by molar-refractivity contribution is -0.0426. The first-order valence-electron chi connectivity index (χ1n) is 10.1. The number of hydrogen-bond acceptors (Lipinski definition) is 5. The molecule has 2 atom stereocenters. The van der Waals surface area contributed by atoms with Crippen molar-refractivity contribution in [2.24, 2.45) is 0 Å². The van der Waals surface area contributed by atoms with Gasteiger partial charge in [0, 0.05) is 12.1 Å². The third-order valence-electron chi connectivity index (χ3n) is 6.31. The molecule has 2 saturated heterocycles. The van der Waals surface area contributed by atoms with Crippen LogP contribution in [0.25, 0.3) is 0 Å². The van der Waals surface area contributed by atoms with Gasteiger partial charge in [-0.05, 0) is 55.2 Å². The van der Waals surface area contributed by atoms with Crippen molar-refractivity contribution in [3.63, 3.8) is 0 Å². The fraction of sp³-hybridized carbons (Fsp3) is 0.524. The van der Waals surface area contributed by atoms with Crippen molar-refractivity contribution in [3.05, 3.63) is 35.4 Å². The lowest BCUT2D eigenvalue weighted by Gasteiger charge is -2.39. The van der Waals surface area contributed by atoms with Gasteiger partial charge in [-0.15, -0.1) is 0 Å². The number of amidine groups is 1. The Kier molecular flexibility index (Phi) is 5.76. The second-order valence-corrected chi connectivity index (χ2v) is 14.1. The summed E-state index contributed by atoms with van der Waals surface area (Å²) in [7, 11) is -2.17. The summed E-state index contributed by atoms with van der Waals surface area (Å²) in [6.07, 6.45) is 1.32. The third kappa shape index (κ3) is 4.11. The van der Waals surface area contributed by atoms with Crippen LogP contribution in [0.4, 0.5) is 4.79 Å². The van der Waals surface area contributed by atoms with Gasteiger partial charge in [-0.1, -0.05) is 20.8 Å². The summed E-state index contributed by atoms with van der Waals surface area (Å²) in [4.78, 5) is 27.1. The maximum atomic E-state index is 13.0. The maximum Gasteiger partial charge on any atom is 0.343 e. The van der Waals surface area contributed by atoms with Gasteiger partial charge in [0.1, 0.15) is 5.84 Å². The number of hydrogen-bond donors (Lipinski definition) is 2. The van der Waals surface area contributed by atoms with E-state index in [1.165, 1.54) is 5.06 Å². The number of amides is 3. The molecule has 3 rings (SSSR count). The maximum absolute atomic E-state index is 13.0. The van der Waals surface area contributed by atoms with E-state index >= 15 is 0 Å². The van der Waals surface area contributed by atoms with Gasteiger partial charge in [-0.25, -0.2) is 9.86 Å². The van der Waals surface area contributed by atoms with Crippen LogP contribution in [0.2, 0.25) is 18.1 Å². The van der Waals surface area contributed by atoms with Crippen LogP contribution in [0.1, 0.15) is 49.5 Å². The predicted molar refractivity (Wildman–Crippen MR) is 115 cm³/mol. The highest BCUT2D eigenvalue weighted by Crippen LogP contribution is 2.40. The highest BCUT2D eigenvalue weighted by atomic mass is 28.4. The molecule has 160 valence electrons. The highest BCUT2D eigenvalue weighted by Gasteiger charge is 2.50. The summed E-state index contributed by atoms with van der Waals surface area (Å²) in [6, 6.07) is 7.49. The van der Waals surface area contributed by atoms with E-state index in [4.69, 9.17) is 15.2 Å². The summed E-state index contributed by atoms with van der Waals surface area (Å²) in [5, 5.41) is 21.4. The molecule has 1 aromatic rings. The molecule has 2 aliphatic heterocycles. The Morgan fingerprint density at radius 2 is 1.90 bits per heavy atom. The minimum Gasteiger partial charge on any atom is -0.315 e. The van der Waals surface area contributed by atoms with Crippen molar-refractivity contribution in [2.45, 2.75) is 63.8 Å². The molecule has 0 aromatic heterocycles. The van der Waals surface area contributed by atoms with Gasteiger partial charge in [0.25, 0.3) is 5.91 Å². The molecule has 3 amide bonds. The van der Waals surface area contributed by atoms with Gasteiger partial charge in [-0.3, -0.25) is 10.2 Å². The number of nitriles is 1. The zero-order valence-electron chi connectivity index (χ0n) is 18.2. The number of piperidine rings is 1. The zero-order valence-corrected chi connectivity index (χ0v) is 19.2. The van der Waals surface area contributed by atoms with Crippen molar-refractivity contribution >= 4 is 26.1 Å². The smallest absolute Gasteiger partial charge is 0.315 e. The van der Waals surface area contributed by atoms with E-state index in [9.17, 15) is 9.59 Å². The Hall–Kier alpha value is -2.70. The Balaban J connectivity index is 1.68. The largest absolute Gasteiger partial charge is 0.343 e. The van der Waals surface area contributed by atoms with Crippen LogP contribution in [0.3, 0.4) is 0 Å². The number of rotatable bonds is 4. The van der Waals surface area contributed by atoms with Gasteiger partial charge in [-0.2, -0.15) is 5.26 Å². The lowest BCUT2D eigenvalue weighted by atomic mass is 10.00. The number of hydroxylamine groups is 2. The van der Waals surface area contributed by atoms with Crippen molar-refractivity contribution in [3.8, 4) is 6.07 Å². The van der Waals surface area contributed by atoms with Gasteiger partial charge >= 0.3 is 6.03 Å². The standard InChI is InChI=1S/C21H29N5O3Si/c1-21(2,3)30(4,5)29-26-16-10-11-17(25(13-16)20(26)28)18(23)24-19(27)15-8-6-14(12-22)7-9-15/h6-9,16-17H,10-11,13H2,1-5H3,(H2,23,24,27)/t16-,17+/m1/s1. The lowest BCUT2D eigenvalue weighted by Crippen LogP contribution is -2.51. The molecule has 2 aliphatic rings. The average Bonchev–Trinajstić information content (AvgIpc) is 2.91. The Labute approximate surface area is 178 Å². The van der Waals surface area contributed by atoms with E-state index in [-0.39, 0.29) is 22.9 Å². The highest BCUT2D eigenvalue weighted by molar-refractivity contribution is 6.74. The monoisotopic (exact) mass is 427 g/mol. The van der Waals surface area contributed by atoms with E-state index in [0.29, 0.717) is 24.1 Å². The van der Waals surface area contributed by atoms with E-state index in [2.05, 4.69) is 39.2 Å². The molecule has 1 aromatic carbocycles. The van der Waals surface area contributed by atoms with Crippen LogP contribution < -0.4 is 5.32 Å². The first-order valence-corrected chi connectivity index (χ1v) is 13.0. The molecule has 2 heterocycles. The second-order valence-electron chi connectivity index (χ2n) is 9.42. The number of urea groups is 1. The normalized spacial score (nSPS) is 21.4. The average molecular weight is 428 g/mol. The SMILES string of the molecule is CC(C)(C)[Si](C)(C)ON1C(=O)N2C[C@H]1CC[C@H]2C(=N)NC(=O)c1ccc(C#N)cc1. The van der Waals surface area contributed by atoms with Crippen LogP contribution in [-0.4, -0.2) is 54.7 Å². The minimum atomic E-state index is -2.17. The van der Waals surface area contributed by atoms with E-state index in [1.807, 2.05) is 6.07 Å². The second kappa shape index (κ2) is 7.85. The van der Waals surface area contributed by atoms with Crippen molar-refractivity contribution in [1.29, 1.82) is 10.7 Å². The van der Waals surface area contributed by atoms with Gasteiger partial charge < -0.3 is 14.7 Å². The molecule has 30 heavy (non-hydrogen) atoms. The molecule has 0 aliphatic carbocycles. The van der Waals surface area contributed by atoms with Crippen molar-refractivity contribution < 1.29 is 14.1 Å². The van der Waals surface area contributed by atoms with Gasteiger partial charge in [0.15, 0.2) is 0 Å². The molecule has 8 nitrogen and oxygen atoms in total. The Morgan fingerprint density at radius 1 is 1.27 bits per heavy atom. The summed E-state index contributed by atoms with van der Waals surface area (Å²) < 4.78 is 6.29. The van der Waals surface area contributed by atoms with Crippen molar-refractivity contribution in [1.82, 2.24) is 15.3 Å².